The van der Waals surface area contributed by atoms with Gasteiger partial charge in [0.15, 0.2) is 0 Å². The van der Waals surface area contributed by atoms with Gasteiger partial charge in [-0.3, -0.25) is 4.79 Å². The fourth-order valence-corrected chi connectivity index (χ4v) is 5.62. The number of benzene rings is 3. The smallest absolute Gasteiger partial charge is 0.251 e. The molecule has 6 heteroatoms. The highest BCUT2D eigenvalue weighted by Gasteiger charge is 2.64. The number of carbonyl (C=O) groups excluding carboxylic acids is 1. The molecule has 0 spiro atoms. The van der Waals surface area contributed by atoms with Gasteiger partial charge in [0.05, 0.1) is 17.7 Å². The van der Waals surface area contributed by atoms with Crippen LogP contribution in [-0.4, -0.2) is 25.2 Å². The number of methoxy groups -OCH3 is 1. The SMILES string of the molecule is COc1ccc(-c2ccc(C(=O)NC3C(C)(C)C(Oc4ccc(C#N)c(Cl)c4)C3(C)C)cc2)cc1. The van der Waals surface area contributed by atoms with Crippen LogP contribution in [0.4, 0.5) is 0 Å². The van der Waals surface area contributed by atoms with E-state index in [1.165, 1.54) is 0 Å². The highest BCUT2D eigenvalue weighted by Crippen LogP contribution is 2.55. The standard InChI is InChI=1S/C29H29ClN2O3/c1-28(2)26(29(3,4)27(28)35-23-15-12-21(17-31)24(30)16-23)32-25(33)20-8-6-18(7-9-20)19-10-13-22(34-5)14-11-19/h6-16,26-27H,1-5H3,(H,32,33). The van der Waals surface area contributed by atoms with Crippen LogP contribution in [0.2, 0.25) is 5.02 Å². The van der Waals surface area contributed by atoms with E-state index in [1.807, 2.05) is 48.5 Å². The van der Waals surface area contributed by atoms with Crippen LogP contribution in [-0.2, 0) is 0 Å². The minimum Gasteiger partial charge on any atom is -0.497 e. The van der Waals surface area contributed by atoms with E-state index in [2.05, 4.69) is 39.1 Å². The molecule has 0 heterocycles. The molecule has 1 fully saturated rings. The molecule has 4 rings (SSSR count). The molecule has 3 aromatic rings. The third-order valence-electron chi connectivity index (χ3n) is 7.00. The van der Waals surface area contributed by atoms with E-state index in [9.17, 15) is 4.79 Å². The van der Waals surface area contributed by atoms with Gasteiger partial charge in [0.1, 0.15) is 23.7 Å². The molecular weight excluding hydrogens is 460 g/mol. The third kappa shape index (κ3) is 4.59. The minimum absolute atomic E-state index is 0.0948. The van der Waals surface area contributed by atoms with Crippen molar-refractivity contribution in [1.29, 1.82) is 5.26 Å². The van der Waals surface area contributed by atoms with Crippen LogP contribution in [0, 0.1) is 22.2 Å². The molecule has 35 heavy (non-hydrogen) atoms. The molecule has 0 saturated heterocycles. The zero-order chi connectivity index (χ0) is 25.4. The highest BCUT2D eigenvalue weighted by atomic mass is 35.5. The van der Waals surface area contributed by atoms with Crippen molar-refractivity contribution < 1.29 is 14.3 Å². The second kappa shape index (κ2) is 9.28. The Balaban J connectivity index is 1.45. The maximum absolute atomic E-state index is 13.1. The minimum atomic E-state index is -0.317. The van der Waals surface area contributed by atoms with Gasteiger partial charge in [-0.2, -0.15) is 5.26 Å². The summed E-state index contributed by atoms with van der Waals surface area (Å²) in [6, 6.07) is 22.5. The normalized spacial score (nSPS) is 19.7. The van der Waals surface area contributed by atoms with Gasteiger partial charge in [-0.25, -0.2) is 0 Å². The van der Waals surface area contributed by atoms with Gasteiger partial charge >= 0.3 is 0 Å². The average molecular weight is 489 g/mol. The maximum Gasteiger partial charge on any atom is 0.251 e. The Morgan fingerprint density at radius 1 is 0.914 bits per heavy atom. The lowest BCUT2D eigenvalue weighted by Crippen LogP contribution is -2.74. The van der Waals surface area contributed by atoms with Crippen molar-refractivity contribution in [3.63, 3.8) is 0 Å². The van der Waals surface area contributed by atoms with Crippen molar-refractivity contribution in [3.8, 4) is 28.7 Å². The topological polar surface area (TPSA) is 71.3 Å². The van der Waals surface area contributed by atoms with Crippen molar-refractivity contribution in [1.82, 2.24) is 5.32 Å². The van der Waals surface area contributed by atoms with E-state index in [0.29, 0.717) is 21.9 Å². The van der Waals surface area contributed by atoms with Crippen molar-refractivity contribution in [2.45, 2.75) is 39.8 Å². The zero-order valence-electron chi connectivity index (χ0n) is 20.6. The Labute approximate surface area is 211 Å². The second-order valence-electron chi connectivity index (χ2n) is 10.1. The molecule has 3 aromatic carbocycles. The van der Waals surface area contributed by atoms with E-state index in [1.54, 1.807) is 25.3 Å². The lowest BCUT2D eigenvalue weighted by Gasteiger charge is -2.63. The summed E-state index contributed by atoms with van der Waals surface area (Å²) >= 11 is 6.18. The summed E-state index contributed by atoms with van der Waals surface area (Å²) in [7, 11) is 1.64. The second-order valence-corrected chi connectivity index (χ2v) is 10.5. The first-order chi connectivity index (χ1) is 16.6. The number of hydrogen-bond acceptors (Lipinski definition) is 4. The van der Waals surface area contributed by atoms with Crippen LogP contribution in [0.15, 0.2) is 66.7 Å². The molecule has 0 radical (unpaired) electrons. The number of amides is 1. The average Bonchev–Trinajstić information content (AvgIpc) is 2.85. The van der Waals surface area contributed by atoms with E-state index in [4.69, 9.17) is 26.3 Å². The fraction of sp³-hybridized carbons (Fsp3) is 0.310. The monoisotopic (exact) mass is 488 g/mol. The van der Waals surface area contributed by atoms with E-state index in [0.717, 1.165) is 16.9 Å². The van der Waals surface area contributed by atoms with Gasteiger partial charge in [0.25, 0.3) is 5.91 Å². The lowest BCUT2D eigenvalue weighted by molar-refractivity contribution is -0.164. The van der Waals surface area contributed by atoms with Crippen molar-refractivity contribution in [2.24, 2.45) is 10.8 Å². The van der Waals surface area contributed by atoms with Crippen molar-refractivity contribution in [3.05, 3.63) is 82.9 Å². The van der Waals surface area contributed by atoms with Crippen molar-refractivity contribution >= 4 is 17.5 Å². The molecular formula is C29H29ClN2O3. The van der Waals surface area contributed by atoms with Gasteiger partial charge in [-0.05, 0) is 47.5 Å². The quantitative estimate of drug-likeness (QED) is 0.430. The van der Waals surface area contributed by atoms with Crippen LogP contribution in [0.25, 0.3) is 11.1 Å². The predicted molar refractivity (Wildman–Crippen MR) is 138 cm³/mol. The maximum atomic E-state index is 13.1. The highest BCUT2D eigenvalue weighted by molar-refractivity contribution is 6.31. The molecule has 0 atom stereocenters. The number of hydrogen-bond donors (Lipinski definition) is 1. The molecule has 1 N–H and O–H groups in total. The molecule has 0 aliphatic heterocycles. The number of nitrogens with zero attached hydrogens (tertiary/aromatic N) is 1. The summed E-state index contributed by atoms with van der Waals surface area (Å²) in [6.45, 7) is 8.36. The Bertz CT molecular complexity index is 1260. The number of nitrogens with one attached hydrogen (secondary N) is 1. The Morgan fingerprint density at radius 2 is 1.46 bits per heavy atom. The predicted octanol–water partition coefficient (Wildman–Crippen LogP) is 6.50. The molecule has 0 unspecified atom stereocenters. The summed E-state index contributed by atoms with van der Waals surface area (Å²) in [5.74, 6) is 1.30. The Kier molecular flexibility index (Phi) is 6.53. The van der Waals surface area contributed by atoms with Crippen LogP contribution in [0.5, 0.6) is 11.5 Å². The van der Waals surface area contributed by atoms with E-state index < -0.39 is 0 Å². The number of halogens is 1. The van der Waals surface area contributed by atoms with Crippen molar-refractivity contribution in [2.75, 3.05) is 7.11 Å². The van der Waals surface area contributed by atoms with Gasteiger partial charge in [-0.15, -0.1) is 0 Å². The van der Waals surface area contributed by atoms with Crippen LogP contribution in [0.3, 0.4) is 0 Å². The molecule has 180 valence electrons. The molecule has 0 bridgehead atoms. The molecule has 1 aliphatic rings. The summed E-state index contributed by atoms with van der Waals surface area (Å²) in [5, 5.41) is 12.7. The van der Waals surface area contributed by atoms with Crippen LogP contribution >= 0.6 is 11.6 Å². The van der Waals surface area contributed by atoms with Gasteiger partial charge < -0.3 is 14.8 Å². The Morgan fingerprint density at radius 3 is 1.97 bits per heavy atom. The first-order valence-corrected chi connectivity index (χ1v) is 11.9. The zero-order valence-corrected chi connectivity index (χ0v) is 21.3. The third-order valence-corrected chi connectivity index (χ3v) is 7.31. The summed E-state index contributed by atoms with van der Waals surface area (Å²) in [6.07, 6.45) is -0.151. The van der Waals surface area contributed by atoms with E-state index >= 15 is 0 Å². The summed E-state index contributed by atoms with van der Waals surface area (Å²) in [4.78, 5) is 13.1. The molecule has 1 saturated carbocycles. The van der Waals surface area contributed by atoms with Gasteiger partial charge in [0, 0.05) is 28.5 Å². The Hall–Kier alpha value is -3.49. The fourth-order valence-electron chi connectivity index (χ4n) is 5.41. The summed E-state index contributed by atoms with van der Waals surface area (Å²) in [5.41, 5.74) is 2.47. The molecule has 0 aromatic heterocycles. The van der Waals surface area contributed by atoms with E-state index in [-0.39, 0.29) is 28.9 Å². The van der Waals surface area contributed by atoms with Gasteiger partial charge in [0.2, 0.25) is 0 Å². The lowest BCUT2D eigenvalue weighted by atomic mass is 9.49. The van der Waals surface area contributed by atoms with Crippen LogP contribution < -0.4 is 14.8 Å². The number of rotatable bonds is 6. The largest absolute Gasteiger partial charge is 0.497 e. The molecule has 1 aliphatic carbocycles. The first-order valence-electron chi connectivity index (χ1n) is 11.5. The first kappa shape index (κ1) is 24.6. The molecule has 1 amide bonds. The molecule has 5 nitrogen and oxygen atoms in total. The number of ether oxygens (including phenoxy) is 2. The number of nitriles is 1. The summed E-state index contributed by atoms with van der Waals surface area (Å²) < 4.78 is 11.5. The van der Waals surface area contributed by atoms with Crippen LogP contribution in [0.1, 0.15) is 43.6 Å². The number of carbonyl (C=O) groups is 1. The van der Waals surface area contributed by atoms with Gasteiger partial charge in [-0.1, -0.05) is 63.6 Å².